The summed E-state index contributed by atoms with van der Waals surface area (Å²) in [5, 5.41) is 10.1. The van der Waals surface area contributed by atoms with Crippen LogP contribution in [0.5, 0.6) is 11.5 Å². The number of ether oxygens (including phenoxy) is 1. The number of carbonyl (C=O) groups excluding carboxylic acids is 4. The summed E-state index contributed by atoms with van der Waals surface area (Å²) in [6, 6.07) is 3.94. The Kier molecular flexibility index (Phi) is 8.33. The highest BCUT2D eigenvalue weighted by atomic mass is 35.5. The normalized spacial score (nSPS) is 31.3. The molecule has 0 spiro atoms. The zero-order valence-electron chi connectivity index (χ0n) is 26.3. The molecular weight excluding hydrogens is 710 g/mol. The molecule has 0 bridgehead atoms. The number of allylic oxidation sites excluding steroid dienone is 3. The van der Waals surface area contributed by atoms with Gasteiger partial charge in [-0.25, -0.2) is 26.9 Å². The van der Waals surface area contributed by atoms with Crippen LogP contribution in [-0.4, -0.2) is 56.5 Å². The molecule has 15 heteroatoms. The molecular formula is C35H29Cl2F5N2O6. The van der Waals surface area contributed by atoms with Gasteiger partial charge in [0.1, 0.15) is 5.69 Å². The highest BCUT2D eigenvalue weighted by Crippen LogP contribution is 2.64. The number of hydrogen-bond acceptors (Lipinski definition) is 6. The fourth-order valence-electron chi connectivity index (χ4n) is 8.54. The highest BCUT2D eigenvalue weighted by molar-refractivity contribution is 6.58. The molecule has 1 N–H and O–H groups in total. The number of alkyl halides is 2. The van der Waals surface area contributed by atoms with Gasteiger partial charge in [-0.05, 0) is 49.3 Å². The van der Waals surface area contributed by atoms with Crippen molar-refractivity contribution in [1.82, 2.24) is 4.90 Å². The Morgan fingerprint density at radius 1 is 0.880 bits per heavy atom. The van der Waals surface area contributed by atoms with Crippen molar-refractivity contribution in [3.8, 4) is 11.5 Å². The maximum Gasteiger partial charge on any atom is 0.258 e. The van der Waals surface area contributed by atoms with Crippen LogP contribution in [0.3, 0.4) is 0 Å². The lowest BCUT2D eigenvalue weighted by atomic mass is 9.57. The average Bonchev–Trinajstić information content (AvgIpc) is 3.45. The predicted octanol–water partition coefficient (Wildman–Crippen LogP) is 6.54. The van der Waals surface area contributed by atoms with E-state index in [2.05, 4.69) is 0 Å². The molecule has 5 aliphatic rings. The van der Waals surface area contributed by atoms with Crippen molar-refractivity contribution >= 4 is 58.6 Å². The Balaban J connectivity index is 1.38. The lowest BCUT2D eigenvalue weighted by Gasteiger charge is -2.49. The maximum absolute atomic E-state index is 15.2. The van der Waals surface area contributed by atoms with Crippen molar-refractivity contribution in [2.24, 2.45) is 23.7 Å². The van der Waals surface area contributed by atoms with Gasteiger partial charge < -0.3 is 9.84 Å². The van der Waals surface area contributed by atoms with Gasteiger partial charge in [-0.2, -0.15) is 0 Å². The van der Waals surface area contributed by atoms with Crippen LogP contribution >= 0.6 is 23.2 Å². The third kappa shape index (κ3) is 4.61. The number of anilines is 1. The van der Waals surface area contributed by atoms with Gasteiger partial charge in [0, 0.05) is 12.0 Å². The number of rotatable bonds is 5. The first-order chi connectivity index (χ1) is 23.7. The van der Waals surface area contributed by atoms with Gasteiger partial charge >= 0.3 is 0 Å². The molecule has 6 atom stereocenters. The molecule has 2 saturated heterocycles. The number of phenols is 1. The van der Waals surface area contributed by atoms with Crippen molar-refractivity contribution in [2.75, 3.05) is 12.0 Å². The number of phenolic OH excluding ortho intramolecular Hbond substituents is 1. The number of amides is 4. The molecule has 8 nitrogen and oxygen atoms in total. The van der Waals surface area contributed by atoms with E-state index in [1.807, 2.05) is 0 Å². The quantitative estimate of drug-likeness (QED) is 0.0934. The first kappa shape index (κ1) is 34.5. The Bertz CT molecular complexity index is 1910. The summed E-state index contributed by atoms with van der Waals surface area (Å²) in [5.74, 6) is -20.4. The second-order valence-electron chi connectivity index (χ2n) is 13.4. The van der Waals surface area contributed by atoms with Gasteiger partial charge in [0.25, 0.3) is 11.8 Å². The summed E-state index contributed by atoms with van der Waals surface area (Å²) >= 11 is 14.2. The minimum Gasteiger partial charge on any atom is -0.504 e. The van der Waals surface area contributed by atoms with E-state index in [1.54, 1.807) is 6.08 Å². The van der Waals surface area contributed by atoms with E-state index >= 15 is 8.78 Å². The van der Waals surface area contributed by atoms with Crippen LogP contribution in [0.4, 0.5) is 27.6 Å². The SMILES string of the molecule is COc1cc(C=C[C@H]2C3=CC[C@@H]4C(=O)N(C5CCCCC5)C(=O)[C@@H]4[C@@H]3C[C@@]3(Cl)C(=O)N(c4c(F)c(F)c(F)c(F)c4F)C(=O)[C@@]23Cl)ccc1O. The van der Waals surface area contributed by atoms with E-state index < -0.39 is 92.3 Å². The second kappa shape index (κ2) is 12.1. The summed E-state index contributed by atoms with van der Waals surface area (Å²) in [4.78, 5) is 52.3. The van der Waals surface area contributed by atoms with Crippen molar-refractivity contribution < 1.29 is 51.0 Å². The lowest BCUT2D eigenvalue weighted by molar-refractivity contribution is -0.143. The summed E-state index contributed by atoms with van der Waals surface area (Å²) in [6.45, 7) is 0. The van der Waals surface area contributed by atoms with E-state index in [0.717, 1.165) is 19.3 Å². The zero-order chi connectivity index (χ0) is 36.0. The lowest BCUT2D eigenvalue weighted by Crippen LogP contribution is -2.60. The van der Waals surface area contributed by atoms with Crippen LogP contribution in [0.25, 0.3) is 6.08 Å². The van der Waals surface area contributed by atoms with Gasteiger partial charge in [-0.1, -0.05) is 49.1 Å². The van der Waals surface area contributed by atoms with E-state index in [0.29, 0.717) is 24.0 Å². The monoisotopic (exact) mass is 738 g/mol. The fraction of sp³-hybridized carbons (Fsp3) is 0.429. The second-order valence-corrected chi connectivity index (χ2v) is 14.6. The van der Waals surface area contributed by atoms with Gasteiger partial charge in [-0.15, -0.1) is 23.2 Å². The van der Waals surface area contributed by atoms with Gasteiger partial charge in [-0.3, -0.25) is 24.1 Å². The van der Waals surface area contributed by atoms with Crippen LogP contribution in [0, 0.1) is 52.8 Å². The van der Waals surface area contributed by atoms with Crippen molar-refractivity contribution in [1.29, 1.82) is 0 Å². The van der Waals surface area contributed by atoms with Gasteiger partial charge in [0.05, 0.1) is 18.9 Å². The van der Waals surface area contributed by atoms with Crippen LogP contribution in [0.15, 0.2) is 35.9 Å². The number of benzene rings is 2. The first-order valence-electron chi connectivity index (χ1n) is 16.1. The fourth-order valence-corrected chi connectivity index (χ4v) is 9.43. The molecule has 0 unspecified atom stereocenters. The molecule has 7 rings (SSSR count). The number of imide groups is 2. The smallest absolute Gasteiger partial charge is 0.258 e. The van der Waals surface area contributed by atoms with Crippen LogP contribution in [0.1, 0.15) is 50.5 Å². The maximum atomic E-state index is 15.2. The summed E-state index contributed by atoms with van der Waals surface area (Å²) in [5.41, 5.74) is -1.07. The topological polar surface area (TPSA) is 104 Å². The van der Waals surface area contributed by atoms with Gasteiger partial charge in [0.15, 0.2) is 44.5 Å². The zero-order valence-corrected chi connectivity index (χ0v) is 27.8. The average molecular weight is 740 g/mol. The Hall–Kier alpha value is -3.97. The molecule has 2 aliphatic heterocycles. The molecule has 2 aromatic carbocycles. The summed E-state index contributed by atoms with van der Waals surface area (Å²) in [6.07, 6.45) is 7.92. The van der Waals surface area contributed by atoms with E-state index in [4.69, 9.17) is 27.9 Å². The number of fused-ring (bicyclic) bond motifs is 4. The minimum absolute atomic E-state index is 0.0768. The van der Waals surface area contributed by atoms with E-state index in [1.165, 1.54) is 42.4 Å². The molecule has 2 saturated carbocycles. The van der Waals surface area contributed by atoms with E-state index in [9.17, 15) is 37.5 Å². The number of likely N-dealkylation sites (tertiary alicyclic amines) is 1. The number of carbonyl (C=O) groups is 4. The third-order valence-electron chi connectivity index (χ3n) is 10.9. The van der Waals surface area contributed by atoms with E-state index in [-0.39, 0.29) is 34.8 Å². The number of methoxy groups -OCH3 is 1. The first-order valence-corrected chi connectivity index (χ1v) is 16.8. The molecule has 264 valence electrons. The van der Waals surface area contributed by atoms with Crippen LogP contribution in [0.2, 0.25) is 0 Å². The standard InChI is InChI=1S/C35H29Cl2F5N2O6/c1-50-22-13-15(8-12-21(22)45)7-11-20-17-9-10-18-23(31(47)43(30(18)46)16-5-3-2-4-6-16)19(17)14-34(36)32(48)44(33(49)35(20,34)37)29-27(41)25(39)24(38)26(40)28(29)42/h7-9,11-13,16,18-20,23,45H,2-6,10,14H2,1H3/t18-,19+,20-,23-,34+,35-/m0/s1. The van der Waals surface area contributed by atoms with Crippen molar-refractivity contribution in [3.63, 3.8) is 0 Å². The molecule has 2 aromatic rings. The van der Waals surface area contributed by atoms with Crippen molar-refractivity contribution in [2.45, 2.75) is 60.7 Å². The number of nitrogens with zero attached hydrogens (tertiary/aromatic N) is 2. The predicted molar refractivity (Wildman–Crippen MR) is 170 cm³/mol. The number of halogens is 7. The number of hydrogen-bond donors (Lipinski definition) is 1. The summed E-state index contributed by atoms with van der Waals surface area (Å²) < 4.78 is 78.4. The molecule has 4 amide bonds. The number of aromatic hydroxyl groups is 1. The highest BCUT2D eigenvalue weighted by Gasteiger charge is 2.76. The largest absolute Gasteiger partial charge is 0.504 e. The Morgan fingerprint density at radius 3 is 2.16 bits per heavy atom. The van der Waals surface area contributed by atoms with Gasteiger partial charge in [0.2, 0.25) is 17.6 Å². The Morgan fingerprint density at radius 2 is 1.52 bits per heavy atom. The Labute approximate surface area is 292 Å². The molecule has 50 heavy (non-hydrogen) atoms. The molecule has 0 aromatic heterocycles. The minimum atomic E-state index is -2.60. The van der Waals surface area contributed by atoms with Crippen molar-refractivity contribution in [3.05, 3.63) is 70.6 Å². The van der Waals surface area contributed by atoms with Crippen LogP contribution < -0.4 is 9.64 Å². The van der Waals surface area contributed by atoms with Crippen LogP contribution in [-0.2, 0) is 19.2 Å². The molecule has 3 aliphatic carbocycles. The molecule has 0 radical (unpaired) electrons. The summed E-state index contributed by atoms with van der Waals surface area (Å²) in [7, 11) is 1.32. The third-order valence-corrected chi connectivity index (χ3v) is 12.4. The molecule has 2 heterocycles. The molecule has 4 fully saturated rings.